The average Bonchev–Trinajstić information content (AvgIpc) is 2.74. The van der Waals surface area contributed by atoms with E-state index in [1.807, 2.05) is 0 Å². The number of rotatable bonds is 2. The molecule has 0 spiro atoms. The lowest BCUT2D eigenvalue weighted by Gasteiger charge is -2.28. The average molecular weight is 280 g/mol. The van der Waals surface area contributed by atoms with Gasteiger partial charge in [0.05, 0.1) is 16.8 Å². The van der Waals surface area contributed by atoms with Crippen LogP contribution in [-0.2, 0) is 4.79 Å². The second-order valence-corrected chi connectivity index (χ2v) is 4.63. The molecule has 0 N–H and O–H groups in total. The zero-order valence-electron chi connectivity index (χ0n) is 11.3. The highest BCUT2D eigenvalue weighted by molar-refractivity contribution is 6.23. The molecule has 0 bridgehead atoms. The Morgan fingerprint density at radius 2 is 1.33 bits per heavy atom. The maximum Gasteiger partial charge on any atom is 0.281 e. The highest BCUT2D eigenvalue weighted by Gasteiger charge is 2.40. The Kier molecular flexibility index (Phi) is 3.02. The Bertz CT molecular complexity index is 705. The number of hydrogen-bond donors (Lipinski definition) is 0. The van der Waals surface area contributed by atoms with E-state index in [9.17, 15) is 14.4 Å². The molecule has 104 valence electrons. The smallest absolute Gasteiger partial charge is 0.273 e. The van der Waals surface area contributed by atoms with Crippen molar-refractivity contribution in [2.75, 3.05) is 5.01 Å². The van der Waals surface area contributed by atoms with Gasteiger partial charge in [-0.25, -0.2) is 5.01 Å². The van der Waals surface area contributed by atoms with Crippen molar-refractivity contribution in [2.45, 2.75) is 6.92 Å². The second kappa shape index (κ2) is 4.86. The van der Waals surface area contributed by atoms with Gasteiger partial charge >= 0.3 is 0 Å². The highest BCUT2D eigenvalue weighted by Crippen LogP contribution is 2.27. The number of imide groups is 1. The van der Waals surface area contributed by atoms with Crippen molar-refractivity contribution < 1.29 is 14.4 Å². The lowest BCUT2D eigenvalue weighted by Crippen LogP contribution is -2.49. The highest BCUT2D eigenvalue weighted by atomic mass is 16.2. The number of carbonyl (C=O) groups is 3. The molecule has 0 saturated carbocycles. The van der Waals surface area contributed by atoms with Crippen LogP contribution in [0.4, 0.5) is 5.69 Å². The van der Waals surface area contributed by atoms with Crippen molar-refractivity contribution in [1.29, 1.82) is 0 Å². The molecule has 0 radical (unpaired) electrons. The third-order valence-electron chi connectivity index (χ3n) is 3.27. The zero-order chi connectivity index (χ0) is 15.0. The molecule has 2 aromatic rings. The summed E-state index contributed by atoms with van der Waals surface area (Å²) in [5.74, 6) is -1.39. The number of nitrogens with zero attached hydrogens (tertiary/aromatic N) is 2. The molecule has 3 amide bonds. The number of hydrazine groups is 1. The molecule has 5 nitrogen and oxygen atoms in total. The van der Waals surface area contributed by atoms with E-state index in [-0.39, 0.29) is 0 Å². The van der Waals surface area contributed by atoms with Crippen LogP contribution >= 0.6 is 0 Å². The van der Waals surface area contributed by atoms with Gasteiger partial charge in [-0.3, -0.25) is 14.4 Å². The van der Waals surface area contributed by atoms with Crippen LogP contribution in [0.2, 0.25) is 0 Å². The predicted molar refractivity (Wildman–Crippen MR) is 76.5 cm³/mol. The fourth-order valence-electron chi connectivity index (χ4n) is 2.37. The van der Waals surface area contributed by atoms with Gasteiger partial charge in [0.1, 0.15) is 0 Å². The summed E-state index contributed by atoms with van der Waals surface area (Å²) >= 11 is 0. The van der Waals surface area contributed by atoms with Crippen LogP contribution < -0.4 is 5.01 Å². The van der Waals surface area contributed by atoms with Gasteiger partial charge in [-0.2, -0.15) is 5.01 Å². The number of carbonyl (C=O) groups excluding carboxylic acids is 3. The van der Waals surface area contributed by atoms with E-state index in [2.05, 4.69) is 0 Å². The molecule has 0 unspecified atom stereocenters. The molecule has 21 heavy (non-hydrogen) atoms. The molecule has 1 aliphatic heterocycles. The SMILES string of the molecule is CC(=O)N(c1ccccc1)N1C(=O)c2ccccc2C1=O. The molecule has 2 aromatic carbocycles. The number of fused-ring (bicyclic) bond motifs is 1. The van der Waals surface area contributed by atoms with Gasteiger partial charge in [0.2, 0.25) is 5.91 Å². The van der Waals surface area contributed by atoms with Crippen molar-refractivity contribution in [3.8, 4) is 0 Å². The van der Waals surface area contributed by atoms with Crippen molar-refractivity contribution in [2.24, 2.45) is 0 Å². The van der Waals surface area contributed by atoms with Gasteiger partial charge in [0.15, 0.2) is 0 Å². The molecule has 0 fully saturated rings. The second-order valence-electron chi connectivity index (χ2n) is 4.63. The Hall–Kier alpha value is -2.95. The molecule has 1 heterocycles. The summed E-state index contributed by atoms with van der Waals surface area (Å²) in [4.78, 5) is 36.8. The molecule has 0 atom stereocenters. The Morgan fingerprint density at radius 3 is 1.81 bits per heavy atom. The third kappa shape index (κ3) is 1.99. The molecular weight excluding hydrogens is 268 g/mol. The predicted octanol–water partition coefficient (Wildman–Crippen LogP) is 2.25. The molecule has 5 heteroatoms. The standard InChI is InChI=1S/C16H12N2O3/c1-11(19)17(12-7-3-2-4-8-12)18-15(20)13-9-5-6-10-14(13)16(18)21/h2-10H,1H3. The molecular formula is C16H12N2O3. The summed E-state index contributed by atoms with van der Waals surface area (Å²) in [6.07, 6.45) is 0. The van der Waals surface area contributed by atoms with Crippen molar-refractivity contribution in [1.82, 2.24) is 5.01 Å². The first-order chi connectivity index (χ1) is 10.1. The number of anilines is 1. The quantitative estimate of drug-likeness (QED) is 0.793. The van der Waals surface area contributed by atoms with Crippen LogP contribution in [0.5, 0.6) is 0 Å². The first-order valence-electron chi connectivity index (χ1n) is 6.44. The van der Waals surface area contributed by atoms with E-state index in [0.29, 0.717) is 16.8 Å². The number of amides is 3. The Morgan fingerprint density at radius 1 is 0.857 bits per heavy atom. The van der Waals surface area contributed by atoms with Gasteiger partial charge < -0.3 is 0 Å². The fourth-order valence-corrected chi connectivity index (χ4v) is 2.37. The minimum Gasteiger partial charge on any atom is -0.273 e. The molecule has 0 saturated heterocycles. The first kappa shape index (κ1) is 13.1. The lowest BCUT2D eigenvalue weighted by atomic mass is 10.1. The normalized spacial score (nSPS) is 13.3. The Balaban J connectivity index is 2.09. The van der Waals surface area contributed by atoms with Crippen LogP contribution in [0.1, 0.15) is 27.6 Å². The lowest BCUT2D eigenvalue weighted by molar-refractivity contribution is -0.118. The summed E-state index contributed by atoms with van der Waals surface area (Å²) in [6, 6.07) is 15.2. The van der Waals surface area contributed by atoms with Crippen molar-refractivity contribution in [3.63, 3.8) is 0 Å². The van der Waals surface area contributed by atoms with Gasteiger partial charge in [0, 0.05) is 6.92 Å². The minimum absolute atomic E-state index is 0.310. The summed E-state index contributed by atoms with van der Waals surface area (Å²) in [6.45, 7) is 1.32. The van der Waals surface area contributed by atoms with Crippen LogP contribution in [-0.4, -0.2) is 22.7 Å². The van der Waals surface area contributed by atoms with Gasteiger partial charge in [-0.15, -0.1) is 0 Å². The van der Waals surface area contributed by atoms with Crippen molar-refractivity contribution >= 4 is 23.4 Å². The molecule has 3 rings (SSSR count). The summed E-state index contributed by atoms with van der Waals surface area (Å²) in [5, 5.41) is 1.99. The van der Waals surface area contributed by atoms with E-state index >= 15 is 0 Å². The summed E-state index contributed by atoms with van der Waals surface area (Å²) in [5.41, 5.74) is 1.09. The van der Waals surface area contributed by atoms with Gasteiger partial charge in [-0.1, -0.05) is 30.3 Å². The number of hydrogen-bond acceptors (Lipinski definition) is 3. The summed E-state index contributed by atoms with van der Waals surface area (Å²) < 4.78 is 0. The third-order valence-corrected chi connectivity index (χ3v) is 3.27. The number of para-hydroxylation sites is 1. The van der Waals surface area contributed by atoms with Gasteiger partial charge in [-0.05, 0) is 24.3 Å². The Labute approximate surface area is 121 Å². The van der Waals surface area contributed by atoms with E-state index in [4.69, 9.17) is 0 Å². The van der Waals surface area contributed by atoms with E-state index in [0.717, 1.165) is 10.0 Å². The van der Waals surface area contributed by atoms with E-state index in [1.54, 1.807) is 54.6 Å². The first-order valence-corrected chi connectivity index (χ1v) is 6.44. The monoisotopic (exact) mass is 280 g/mol. The molecule has 0 aliphatic carbocycles. The maximum absolute atomic E-state index is 12.4. The minimum atomic E-state index is -0.491. The maximum atomic E-state index is 12.4. The summed E-state index contributed by atoms with van der Waals surface area (Å²) in [7, 11) is 0. The van der Waals surface area contributed by atoms with E-state index in [1.165, 1.54) is 6.92 Å². The van der Waals surface area contributed by atoms with Crippen LogP contribution in [0.3, 0.4) is 0 Å². The fraction of sp³-hybridized carbons (Fsp3) is 0.0625. The molecule has 0 aromatic heterocycles. The van der Waals surface area contributed by atoms with E-state index < -0.39 is 17.7 Å². The largest absolute Gasteiger partial charge is 0.281 e. The van der Waals surface area contributed by atoms with Crippen molar-refractivity contribution in [3.05, 3.63) is 65.7 Å². The van der Waals surface area contributed by atoms with Crippen LogP contribution in [0, 0.1) is 0 Å². The number of benzene rings is 2. The van der Waals surface area contributed by atoms with Gasteiger partial charge in [0.25, 0.3) is 11.8 Å². The topological polar surface area (TPSA) is 57.7 Å². The van der Waals surface area contributed by atoms with Crippen LogP contribution in [0.15, 0.2) is 54.6 Å². The zero-order valence-corrected chi connectivity index (χ0v) is 11.3. The van der Waals surface area contributed by atoms with Crippen LogP contribution in [0.25, 0.3) is 0 Å². The molecule has 1 aliphatic rings.